The molecule has 2 nitrogen and oxygen atoms in total. The fourth-order valence-electron chi connectivity index (χ4n) is 1.22. The molecule has 0 radical (unpaired) electrons. The highest BCUT2D eigenvalue weighted by Gasteiger charge is 2.10. The van der Waals surface area contributed by atoms with Gasteiger partial charge in [0.2, 0.25) is 0 Å². The molecule has 1 amide bonds. The van der Waals surface area contributed by atoms with Crippen molar-refractivity contribution in [3.63, 3.8) is 0 Å². The van der Waals surface area contributed by atoms with Gasteiger partial charge in [-0.3, -0.25) is 4.79 Å². The Balaban J connectivity index is 2.21. The van der Waals surface area contributed by atoms with Crippen molar-refractivity contribution < 1.29 is 4.79 Å². The maximum absolute atomic E-state index is 11.9. The van der Waals surface area contributed by atoms with Crippen molar-refractivity contribution in [2.75, 3.05) is 5.32 Å². The SMILES string of the molecule is O=C(Nc1cc(Cl)ccc1Br)c1csc(Br)c1. The molecule has 0 fully saturated rings. The van der Waals surface area contributed by atoms with Gasteiger partial charge in [0, 0.05) is 14.9 Å². The summed E-state index contributed by atoms with van der Waals surface area (Å²) in [6, 6.07) is 7.02. The second-order valence-corrected chi connectivity index (χ2v) is 6.80. The van der Waals surface area contributed by atoms with Gasteiger partial charge in [0.15, 0.2) is 0 Å². The molecular formula is C11H6Br2ClNOS. The molecule has 0 saturated carbocycles. The van der Waals surface area contributed by atoms with Gasteiger partial charge in [-0.05, 0) is 56.1 Å². The molecule has 1 N–H and O–H groups in total. The smallest absolute Gasteiger partial charge is 0.256 e. The fourth-order valence-corrected chi connectivity index (χ4v) is 2.87. The fraction of sp³-hybridized carbons (Fsp3) is 0. The molecule has 0 atom stereocenters. The summed E-state index contributed by atoms with van der Waals surface area (Å²) in [6.45, 7) is 0. The van der Waals surface area contributed by atoms with Crippen LogP contribution in [0.15, 0.2) is 37.9 Å². The summed E-state index contributed by atoms with van der Waals surface area (Å²) in [5.74, 6) is -0.157. The van der Waals surface area contributed by atoms with Crippen LogP contribution in [0.1, 0.15) is 10.4 Å². The third-order valence-electron chi connectivity index (χ3n) is 2.01. The molecule has 88 valence electrons. The molecule has 6 heteroatoms. The van der Waals surface area contributed by atoms with Gasteiger partial charge >= 0.3 is 0 Å². The molecule has 0 aliphatic rings. The number of rotatable bonds is 2. The summed E-state index contributed by atoms with van der Waals surface area (Å²) in [5.41, 5.74) is 1.28. The topological polar surface area (TPSA) is 29.1 Å². The number of carbonyl (C=O) groups is 1. The number of nitrogens with one attached hydrogen (secondary N) is 1. The predicted molar refractivity (Wildman–Crippen MR) is 79.1 cm³/mol. The number of thiophene rings is 1. The van der Waals surface area contributed by atoms with Gasteiger partial charge in [0.1, 0.15) is 0 Å². The summed E-state index contributed by atoms with van der Waals surface area (Å²) in [6.07, 6.45) is 0. The van der Waals surface area contributed by atoms with Gasteiger partial charge in [-0.2, -0.15) is 0 Å². The van der Waals surface area contributed by atoms with E-state index in [0.29, 0.717) is 16.3 Å². The summed E-state index contributed by atoms with van der Waals surface area (Å²) in [7, 11) is 0. The quantitative estimate of drug-likeness (QED) is 0.746. The Hall–Kier alpha value is -0.360. The van der Waals surface area contributed by atoms with E-state index in [1.54, 1.807) is 29.6 Å². The minimum absolute atomic E-state index is 0.157. The minimum atomic E-state index is -0.157. The third-order valence-corrected chi connectivity index (χ3v) is 4.44. The van der Waals surface area contributed by atoms with E-state index in [0.717, 1.165) is 8.26 Å². The van der Waals surface area contributed by atoms with E-state index in [-0.39, 0.29) is 5.91 Å². The highest BCUT2D eigenvalue weighted by Crippen LogP contribution is 2.27. The van der Waals surface area contributed by atoms with Crippen LogP contribution >= 0.6 is 54.8 Å². The zero-order valence-corrected chi connectivity index (χ0v) is 13.1. The molecule has 0 unspecified atom stereocenters. The van der Waals surface area contributed by atoms with Crippen molar-refractivity contribution in [3.8, 4) is 0 Å². The Bertz CT molecular complexity index is 570. The van der Waals surface area contributed by atoms with Crippen LogP contribution in [0.25, 0.3) is 0 Å². The standard InChI is InChI=1S/C11H6Br2ClNOS/c12-8-2-1-7(14)4-9(8)15-11(16)6-3-10(13)17-5-6/h1-5H,(H,15,16). The first-order valence-electron chi connectivity index (χ1n) is 4.56. The summed E-state index contributed by atoms with van der Waals surface area (Å²) < 4.78 is 1.72. The van der Waals surface area contributed by atoms with Crippen LogP contribution in [0.5, 0.6) is 0 Å². The summed E-state index contributed by atoms with van der Waals surface area (Å²) in [5, 5.41) is 5.16. The van der Waals surface area contributed by atoms with Gasteiger partial charge in [-0.15, -0.1) is 11.3 Å². The second-order valence-electron chi connectivity index (χ2n) is 3.22. The van der Waals surface area contributed by atoms with E-state index in [1.807, 2.05) is 0 Å². The Morgan fingerprint density at radius 1 is 1.29 bits per heavy atom. The number of carbonyl (C=O) groups excluding carboxylic acids is 1. The molecule has 0 spiro atoms. The molecule has 2 rings (SSSR count). The van der Waals surface area contributed by atoms with Gasteiger partial charge in [-0.1, -0.05) is 11.6 Å². The molecule has 2 aromatic rings. The lowest BCUT2D eigenvalue weighted by atomic mass is 10.3. The highest BCUT2D eigenvalue weighted by molar-refractivity contribution is 9.11. The van der Waals surface area contributed by atoms with Gasteiger partial charge in [-0.25, -0.2) is 0 Å². The first-order chi connectivity index (χ1) is 8.06. The molecule has 0 aliphatic carbocycles. The average Bonchev–Trinajstić information content (AvgIpc) is 2.70. The van der Waals surface area contributed by atoms with Crippen molar-refractivity contribution in [2.45, 2.75) is 0 Å². The lowest BCUT2D eigenvalue weighted by Gasteiger charge is -2.06. The Morgan fingerprint density at radius 3 is 2.71 bits per heavy atom. The van der Waals surface area contributed by atoms with E-state index >= 15 is 0 Å². The maximum atomic E-state index is 11.9. The zero-order valence-electron chi connectivity index (χ0n) is 8.34. The van der Waals surface area contributed by atoms with Crippen molar-refractivity contribution in [1.82, 2.24) is 0 Å². The van der Waals surface area contributed by atoms with E-state index in [4.69, 9.17) is 11.6 Å². The Kier molecular flexibility index (Phi) is 4.25. The second kappa shape index (κ2) is 5.52. The van der Waals surface area contributed by atoms with Crippen molar-refractivity contribution in [2.24, 2.45) is 0 Å². The number of amides is 1. The van der Waals surface area contributed by atoms with Crippen molar-refractivity contribution in [3.05, 3.63) is 48.5 Å². The normalized spacial score (nSPS) is 10.3. The lowest BCUT2D eigenvalue weighted by Crippen LogP contribution is -2.11. The first-order valence-corrected chi connectivity index (χ1v) is 7.41. The maximum Gasteiger partial charge on any atom is 0.256 e. The summed E-state index contributed by atoms with van der Waals surface area (Å²) in [4.78, 5) is 11.9. The van der Waals surface area contributed by atoms with Crippen LogP contribution in [0, 0.1) is 0 Å². The number of hydrogen-bond acceptors (Lipinski definition) is 2. The van der Waals surface area contributed by atoms with Gasteiger partial charge < -0.3 is 5.32 Å². The molecule has 0 saturated heterocycles. The Morgan fingerprint density at radius 2 is 2.06 bits per heavy atom. The monoisotopic (exact) mass is 393 g/mol. The predicted octanol–water partition coefficient (Wildman–Crippen LogP) is 5.18. The van der Waals surface area contributed by atoms with Crippen LogP contribution in [0.2, 0.25) is 5.02 Å². The number of halogens is 3. The van der Waals surface area contributed by atoms with E-state index < -0.39 is 0 Å². The van der Waals surface area contributed by atoms with Crippen molar-refractivity contribution >= 4 is 66.4 Å². The lowest BCUT2D eigenvalue weighted by molar-refractivity contribution is 0.102. The Labute approximate surface area is 124 Å². The van der Waals surface area contributed by atoms with Crippen LogP contribution in [0.4, 0.5) is 5.69 Å². The molecule has 0 bridgehead atoms. The number of benzene rings is 1. The van der Waals surface area contributed by atoms with Crippen LogP contribution in [-0.2, 0) is 0 Å². The van der Waals surface area contributed by atoms with Crippen molar-refractivity contribution in [1.29, 1.82) is 0 Å². The third kappa shape index (κ3) is 3.31. The number of hydrogen-bond donors (Lipinski definition) is 1. The molecule has 1 aromatic heterocycles. The van der Waals surface area contributed by atoms with Crippen LogP contribution in [-0.4, -0.2) is 5.91 Å². The average molecular weight is 396 g/mol. The minimum Gasteiger partial charge on any atom is -0.321 e. The summed E-state index contributed by atoms with van der Waals surface area (Å²) >= 11 is 14.0. The van der Waals surface area contributed by atoms with Crippen LogP contribution in [0.3, 0.4) is 0 Å². The van der Waals surface area contributed by atoms with E-state index in [1.165, 1.54) is 11.3 Å². The molecule has 17 heavy (non-hydrogen) atoms. The van der Waals surface area contributed by atoms with Gasteiger partial charge in [0.25, 0.3) is 5.91 Å². The van der Waals surface area contributed by atoms with Crippen LogP contribution < -0.4 is 5.32 Å². The molecular weight excluding hydrogens is 389 g/mol. The first kappa shape index (κ1) is 13.1. The van der Waals surface area contributed by atoms with E-state index in [9.17, 15) is 4.79 Å². The largest absolute Gasteiger partial charge is 0.321 e. The number of anilines is 1. The van der Waals surface area contributed by atoms with E-state index in [2.05, 4.69) is 37.2 Å². The zero-order chi connectivity index (χ0) is 12.4. The molecule has 1 aromatic carbocycles. The molecule has 0 aliphatic heterocycles. The molecule has 1 heterocycles. The highest BCUT2D eigenvalue weighted by atomic mass is 79.9. The van der Waals surface area contributed by atoms with Gasteiger partial charge in [0.05, 0.1) is 15.0 Å².